The largest absolute Gasteiger partial charge is 0.416 e. The van der Waals surface area contributed by atoms with E-state index < -0.39 is 11.7 Å². The summed E-state index contributed by atoms with van der Waals surface area (Å²) in [7, 11) is 1.58. The summed E-state index contributed by atoms with van der Waals surface area (Å²) < 4.78 is 43.2. The van der Waals surface area contributed by atoms with Crippen LogP contribution in [-0.4, -0.2) is 19.8 Å². The molecule has 5 heteroatoms. The number of ether oxygens (including phenoxy) is 1. The van der Waals surface area contributed by atoms with Gasteiger partial charge in [-0.2, -0.15) is 13.2 Å². The second-order valence-electron chi connectivity index (χ2n) is 4.10. The molecule has 0 aliphatic heterocycles. The highest BCUT2D eigenvalue weighted by atomic mass is 19.4. The van der Waals surface area contributed by atoms with Crippen LogP contribution in [0.3, 0.4) is 0 Å². The minimum Gasteiger partial charge on any atom is -0.383 e. The van der Waals surface area contributed by atoms with Crippen LogP contribution in [0.15, 0.2) is 24.3 Å². The molecule has 1 rings (SSSR count). The maximum Gasteiger partial charge on any atom is 0.416 e. The van der Waals surface area contributed by atoms with E-state index in [-0.39, 0.29) is 18.2 Å². The van der Waals surface area contributed by atoms with Gasteiger partial charge in [-0.15, -0.1) is 0 Å². The molecule has 1 aromatic rings. The molecule has 1 N–H and O–H groups in total. The lowest BCUT2D eigenvalue weighted by molar-refractivity contribution is -0.138. The number of benzene rings is 1. The first kappa shape index (κ1) is 15.0. The van der Waals surface area contributed by atoms with E-state index >= 15 is 0 Å². The molecule has 0 radical (unpaired) electrons. The molecule has 0 fully saturated rings. The summed E-state index contributed by atoms with van der Waals surface area (Å²) in [5.74, 6) is 0. The molecule has 0 heterocycles. The number of nitrogens with one attached hydrogen (secondary N) is 1. The predicted octanol–water partition coefficient (Wildman–Crippen LogP) is 3.22. The average Bonchev–Trinajstić information content (AvgIpc) is 2.33. The number of hydrogen-bond donors (Lipinski definition) is 1. The van der Waals surface area contributed by atoms with Crippen molar-refractivity contribution < 1.29 is 17.9 Å². The van der Waals surface area contributed by atoms with E-state index in [0.717, 1.165) is 12.5 Å². The Morgan fingerprint density at radius 1 is 1.28 bits per heavy atom. The molecule has 18 heavy (non-hydrogen) atoms. The fourth-order valence-corrected chi connectivity index (χ4v) is 1.73. The van der Waals surface area contributed by atoms with E-state index in [4.69, 9.17) is 4.74 Å². The van der Waals surface area contributed by atoms with Crippen molar-refractivity contribution in [2.75, 3.05) is 13.7 Å². The zero-order valence-corrected chi connectivity index (χ0v) is 10.6. The first-order valence-electron chi connectivity index (χ1n) is 5.86. The standard InChI is InChI=1S/C13H18F3NO/c1-3-11(9-18-2)17-8-10-6-4-5-7-12(10)13(14,15)16/h4-7,11,17H,3,8-9H2,1-2H3. The highest BCUT2D eigenvalue weighted by molar-refractivity contribution is 5.29. The third-order valence-corrected chi connectivity index (χ3v) is 2.76. The third-order valence-electron chi connectivity index (χ3n) is 2.76. The van der Waals surface area contributed by atoms with Gasteiger partial charge in [-0.1, -0.05) is 25.1 Å². The van der Waals surface area contributed by atoms with E-state index in [0.29, 0.717) is 6.61 Å². The van der Waals surface area contributed by atoms with E-state index in [9.17, 15) is 13.2 Å². The minimum absolute atomic E-state index is 0.0660. The summed E-state index contributed by atoms with van der Waals surface area (Å²) >= 11 is 0. The van der Waals surface area contributed by atoms with Crippen molar-refractivity contribution in [1.82, 2.24) is 5.32 Å². The van der Waals surface area contributed by atoms with Crippen LogP contribution in [0.2, 0.25) is 0 Å². The molecule has 0 bridgehead atoms. The van der Waals surface area contributed by atoms with E-state index in [1.54, 1.807) is 13.2 Å². The molecule has 1 atom stereocenters. The topological polar surface area (TPSA) is 21.3 Å². The van der Waals surface area contributed by atoms with Crippen LogP contribution in [-0.2, 0) is 17.5 Å². The molecule has 2 nitrogen and oxygen atoms in total. The van der Waals surface area contributed by atoms with Gasteiger partial charge in [0.15, 0.2) is 0 Å². The van der Waals surface area contributed by atoms with Gasteiger partial charge in [0.25, 0.3) is 0 Å². The first-order valence-corrected chi connectivity index (χ1v) is 5.86. The van der Waals surface area contributed by atoms with Crippen LogP contribution < -0.4 is 5.32 Å². The monoisotopic (exact) mass is 261 g/mol. The molecule has 0 spiro atoms. The number of hydrogen-bond acceptors (Lipinski definition) is 2. The van der Waals surface area contributed by atoms with Gasteiger partial charge in [-0.05, 0) is 18.1 Å². The van der Waals surface area contributed by atoms with Crippen LogP contribution in [0.1, 0.15) is 24.5 Å². The molecule has 0 aliphatic carbocycles. The Morgan fingerprint density at radius 3 is 2.50 bits per heavy atom. The Hall–Kier alpha value is -1.07. The number of rotatable bonds is 6. The summed E-state index contributed by atoms with van der Waals surface area (Å²) in [6.45, 7) is 2.65. The van der Waals surface area contributed by atoms with Gasteiger partial charge < -0.3 is 10.1 Å². The number of halogens is 3. The highest BCUT2D eigenvalue weighted by Gasteiger charge is 2.32. The van der Waals surface area contributed by atoms with Gasteiger partial charge in [0.05, 0.1) is 12.2 Å². The second kappa shape index (κ2) is 6.75. The summed E-state index contributed by atoms with van der Waals surface area (Å²) in [6, 6.07) is 5.68. The van der Waals surface area contributed by atoms with Crippen LogP contribution in [0.5, 0.6) is 0 Å². The Morgan fingerprint density at radius 2 is 1.94 bits per heavy atom. The summed E-state index contributed by atoms with van der Waals surface area (Å²) in [4.78, 5) is 0. The zero-order valence-electron chi connectivity index (χ0n) is 10.6. The quantitative estimate of drug-likeness (QED) is 0.849. The molecule has 0 aliphatic rings. The predicted molar refractivity (Wildman–Crippen MR) is 64.2 cm³/mol. The van der Waals surface area contributed by atoms with Gasteiger partial charge in [-0.25, -0.2) is 0 Å². The summed E-state index contributed by atoms with van der Waals surface area (Å²) in [5.41, 5.74) is -0.315. The molecule has 0 saturated heterocycles. The van der Waals surface area contributed by atoms with Crippen LogP contribution in [0.4, 0.5) is 13.2 Å². The fourth-order valence-electron chi connectivity index (χ4n) is 1.73. The van der Waals surface area contributed by atoms with Crippen molar-refractivity contribution in [2.45, 2.75) is 32.1 Å². The first-order chi connectivity index (χ1) is 8.49. The highest BCUT2D eigenvalue weighted by Crippen LogP contribution is 2.31. The van der Waals surface area contributed by atoms with E-state index in [1.807, 2.05) is 6.92 Å². The Labute approximate surface area is 105 Å². The van der Waals surface area contributed by atoms with Gasteiger partial charge >= 0.3 is 6.18 Å². The molecule has 0 amide bonds. The normalized spacial score (nSPS) is 13.6. The van der Waals surface area contributed by atoms with Crippen molar-refractivity contribution in [2.24, 2.45) is 0 Å². The third kappa shape index (κ3) is 4.31. The number of methoxy groups -OCH3 is 1. The smallest absolute Gasteiger partial charge is 0.383 e. The van der Waals surface area contributed by atoms with Crippen molar-refractivity contribution in [3.05, 3.63) is 35.4 Å². The Bertz CT molecular complexity index is 365. The molecule has 0 aromatic heterocycles. The number of alkyl halides is 3. The lowest BCUT2D eigenvalue weighted by Crippen LogP contribution is -2.32. The van der Waals surface area contributed by atoms with Crippen molar-refractivity contribution >= 4 is 0 Å². The molecular formula is C13H18F3NO. The van der Waals surface area contributed by atoms with Gasteiger partial charge in [0.1, 0.15) is 0 Å². The van der Waals surface area contributed by atoms with E-state index in [2.05, 4.69) is 5.32 Å². The maximum absolute atomic E-state index is 12.8. The average molecular weight is 261 g/mol. The van der Waals surface area contributed by atoms with Gasteiger partial charge in [0, 0.05) is 19.7 Å². The summed E-state index contributed by atoms with van der Waals surface area (Å²) in [6.07, 6.45) is -3.50. The molecule has 0 saturated carbocycles. The Balaban J connectivity index is 2.73. The summed E-state index contributed by atoms with van der Waals surface area (Å²) in [5, 5.41) is 3.07. The maximum atomic E-state index is 12.8. The van der Waals surface area contributed by atoms with Crippen molar-refractivity contribution in [3.8, 4) is 0 Å². The van der Waals surface area contributed by atoms with Crippen LogP contribution in [0, 0.1) is 0 Å². The fraction of sp³-hybridized carbons (Fsp3) is 0.538. The molecule has 1 aromatic carbocycles. The van der Waals surface area contributed by atoms with Crippen LogP contribution >= 0.6 is 0 Å². The Kier molecular flexibility index (Phi) is 5.62. The SMILES string of the molecule is CCC(COC)NCc1ccccc1C(F)(F)F. The van der Waals surface area contributed by atoms with Crippen molar-refractivity contribution in [1.29, 1.82) is 0 Å². The second-order valence-corrected chi connectivity index (χ2v) is 4.10. The van der Waals surface area contributed by atoms with Gasteiger partial charge in [0.2, 0.25) is 0 Å². The van der Waals surface area contributed by atoms with Crippen molar-refractivity contribution in [3.63, 3.8) is 0 Å². The molecular weight excluding hydrogens is 243 g/mol. The zero-order chi connectivity index (χ0) is 13.6. The van der Waals surface area contributed by atoms with Gasteiger partial charge in [-0.3, -0.25) is 0 Å². The molecule has 1 unspecified atom stereocenters. The van der Waals surface area contributed by atoms with E-state index in [1.165, 1.54) is 12.1 Å². The minimum atomic E-state index is -4.30. The molecule has 102 valence electrons. The lowest BCUT2D eigenvalue weighted by Gasteiger charge is -2.18. The lowest BCUT2D eigenvalue weighted by atomic mass is 10.1. The van der Waals surface area contributed by atoms with Crippen LogP contribution in [0.25, 0.3) is 0 Å².